The van der Waals surface area contributed by atoms with Gasteiger partial charge in [-0.2, -0.15) is 4.31 Å². The predicted molar refractivity (Wildman–Crippen MR) is 123 cm³/mol. The molecule has 172 valence electrons. The third-order valence-electron chi connectivity index (χ3n) is 5.54. The number of benzene rings is 2. The molecule has 0 saturated carbocycles. The summed E-state index contributed by atoms with van der Waals surface area (Å²) in [6.07, 6.45) is -0.298. The lowest BCUT2D eigenvalue weighted by atomic mass is 9.98. The maximum Gasteiger partial charge on any atom is 0.309 e. The molecule has 32 heavy (non-hydrogen) atoms. The molecule has 1 unspecified atom stereocenters. The van der Waals surface area contributed by atoms with E-state index in [9.17, 15) is 18.0 Å². The summed E-state index contributed by atoms with van der Waals surface area (Å²) >= 11 is 5.84. The highest BCUT2D eigenvalue weighted by atomic mass is 35.5. The second-order valence-electron chi connectivity index (χ2n) is 8.02. The Hall–Kier alpha value is -2.42. The van der Waals surface area contributed by atoms with Crippen LogP contribution in [0.15, 0.2) is 47.4 Å². The number of hydrogen-bond acceptors (Lipinski definition) is 5. The number of nitrogens with one attached hydrogen (secondary N) is 1. The van der Waals surface area contributed by atoms with Gasteiger partial charge >= 0.3 is 5.97 Å². The molecule has 1 amide bonds. The average molecular weight is 479 g/mol. The average Bonchev–Trinajstić information content (AvgIpc) is 2.76. The summed E-state index contributed by atoms with van der Waals surface area (Å²) in [6.45, 7) is 5.79. The summed E-state index contributed by atoms with van der Waals surface area (Å²) in [7, 11) is -3.65. The minimum absolute atomic E-state index is 0.166. The third-order valence-corrected chi connectivity index (χ3v) is 7.71. The van der Waals surface area contributed by atoms with Crippen LogP contribution in [0.25, 0.3) is 0 Å². The van der Waals surface area contributed by atoms with Gasteiger partial charge in [-0.25, -0.2) is 8.42 Å². The molecule has 1 fully saturated rings. The van der Waals surface area contributed by atoms with Crippen molar-refractivity contribution in [2.24, 2.45) is 5.92 Å². The highest BCUT2D eigenvalue weighted by Crippen LogP contribution is 2.26. The normalized spacial score (nSPS) is 16.4. The van der Waals surface area contributed by atoms with Crippen LogP contribution in [0.3, 0.4) is 0 Å². The highest BCUT2D eigenvalue weighted by molar-refractivity contribution is 7.89. The number of piperidine rings is 1. The first kappa shape index (κ1) is 24.2. The largest absolute Gasteiger partial charge is 0.452 e. The van der Waals surface area contributed by atoms with E-state index in [2.05, 4.69) is 5.32 Å². The molecule has 1 saturated heterocycles. The van der Waals surface area contributed by atoms with E-state index in [1.165, 1.54) is 35.5 Å². The Morgan fingerprint density at radius 1 is 1.09 bits per heavy atom. The molecule has 1 atom stereocenters. The zero-order valence-electron chi connectivity index (χ0n) is 18.3. The van der Waals surface area contributed by atoms with E-state index in [4.69, 9.17) is 16.3 Å². The Bertz CT molecular complexity index is 1090. The Labute approximate surface area is 193 Å². The van der Waals surface area contributed by atoms with Crippen LogP contribution in [0.5, 0.6) is 0 Å². The molecule has 1 aliphatic heterocycles. The highest BCUT2D eigenvalue weighted by Gasteiger charge is 2.34. The minimum atomic E-state index is -3.65. The van der Waals surface area contributed by atoms with Gasteiger partial charge in [0.2, 0.25) is 10.0 Å². The summed E-state index contributed by atoms with van der Waals surface area (Å²) in [6, 6.07) is 11.7. The van der Waals surface area contributed by atoms with Crippen LogP contribution in [0.2, 0.25) is 5.02 Å². The molecule has 7 nitrogen and oxygen atoms in total. The standard InChI is InChI=1S/C23H27ClN2O5S/c1-15-4-9-21(16(2)14-15)25-22(27)17(3)31-23(28)18-10-12-26(13-11-18)32(29,30)20-7-5-19(24)6-8-20/h4-9,14,17-18H,10-13H2,1-3H3,(H,25,27). The molecule has 0 aromatic heterocycles. The van der Waals surface area contributed by atoms with E-state index < -0.39 is 33.9 Å². The van der Waals surface area contributed by atoms with Gasteiger partial charge in [0.1, 0.15) is 0 Å². The number of sulfonamides is 1. The lowest BCUT2D eigenvalue weighted by Gasteiger charge is -2.30. The van der Waals surface area contributed by atoms with Crippen LogP contribution >= 0.6 is 11.6 Å². The first-order valence-electron chi connectivity index (χ1n) is 10.4. The lowest BCUT2D eigenvalue weighted by Crippen LogP contribution is -2.41. The fraction of sp³-hybridized carbons (Fsp3) is 0.391. The van der Waals surface area contributed by atoms with Gasteiger partial charge in [0.25, 0.3) is 5.91 Å². The number of nitrogens with zero attached hydrogens (tertiary/aromatic N) is 1. The Balaban J connectivity index is 1.53. The van der Waals surface area contributed by atoms with E-state index in [0.29, 0.717) is 23.6 Å². The van der Waals surface area contributed by atoms with Crippen LogP contribution in [-0.4, -0.2) is 43.8 Å². The van der Waals surface area contributed by atoms with Gasteiger partial charge in [-0.3, -0.25) is 9.59 Å². The topological polar surface area (TPSA) is 92.8 Å². The van der Waals surface area contributed by atoms with Gasteiger partial charge in [-0.05, 0) is 69.5 Å². The van der Waals surface area contributed by atoms with Gasteiger partial charge in [0.15, 0.2) is 6.10 Å². The van der Waals surface area contributed by atoms with Crippen LogP contribution in [0, 0.1) is 19.8 Å². The van der Waals surface area contributed by atoms with Gasteiger partial charge < -0.3 is 10.1 Å². The molecule has 0 radical (unpaired) electrons. The monoisotopic (exact) mass is 478 g/mol. The van der Waals surface area contributed by atoms with Crippen molar-refractivity contribution in [3.05, 3.63) is 58.6 Å². The van der Waals surface area contributed by atoms with Crippen molar-refractivity contribution >= 4 is 39.2 Å². The van der Waals surface area contributed by atoms with Crippen molar-refractivity contribution in [3.63, 3.8) is 0 Å². The molecular formula is C23H27ClN2O5S. The number of rotatable bonds is 6. The summed E-state index contributed by atoms with van der Waals surface area (Å²) < 4.78 is 32.3. The van der Waals surface area contributed by atoms with Crippen LogP contribution < -0.4 is 5.32 Å². The molecule has 0 spiro atoms. The van der Waals surface area contributed by atoms with E-state index in [1.807, 2.05) is 32.0 Å². The zero-order valence-corrected chi connectivity index (χ0v) is 19.9. The summed E-state index contributed by atoms with van der Waals surface area (Å²) in [4.78, 5) is 25.2. The summed E-state index contributed by atoms with van der Waals surface area (Å²) in [5.41, 5.74) is 2.68. The van der Waals surface area contributed by atoms with Crippen molar-refractivity contribution in [1.29, 1.82) is 0 Å². The number of amides is 1. The number of carbonyl (C=O) groups is 2. The number of anilines is 1. The van der Waals surface area contributed by atoms with Crippen molar-refractivity contribution in [3.8, 4) is 0 Å². The van der Waals surface area contributed by atoms with Gasteiger partial charge in [0.05, 0.1) is 10.8 Å². The first-order chi connectivity index (χ1) is 15.1. The van der Waals surface area contributed by atoms with Gasteiger partial charge in [0, 0.05) is 23.8 Å². The van der Waals surface area contributed by atoms with Crippen LogP contribution in [-0.2, 0) is 24.3 Å². The molecule has 3 rings (SSSR count). The van der Waals surface area contributed by atoms with Crippen molar-refractivity contribution < 1.29 is 22.7 Å². The SMILES string of the molecule is Cc1ccc(NC(=O)C(C)OC(=O)C2CCN(S(=O)(=O)c3ccc(Cl)cc3)CC2)c(C)c1. The lowest BCUT2D eigenvalue weighted by molar-refractivity contribution is -0.158. The number of esters is 1. The number of hydrogen-bond donors (Lipinski definition) is 1. The Morgan fingerprint density at radius 3 is 2.31 bits per heavy atom. The fourth-order valence-electron chi connectivity index (χ4n) is 3.60. The molecule has 1 heterocycles. The molecular weight excluding hydrogens is 452 g/mol. The van der Waals surface area contributed by atoms with Crippen LogP contribution in [0.4, 0.5) is 5.69 Å². The maximum absolute atomic E-state index is 12.8. The zero-order chi connectivity index (χ0) is 23.5. The van der Waals surface area contributed by atoms with E-state index >= 15 is 0 Å². The predicted octanol–water partition coefficient (Wildman–Crippen LogP) is 3.93. The second kappa shape index (κ2) is 10.0. The molecule has 2 aromatic rings. The number of ether oxygens (including phenoxy) is 1. The van der Waals surface area contributed by atoms with E-state index in [0.717, 1.165) is 11.1 Å². The van der Waals surface area contributed by atoms with E-state index in [-0.39, 0.29) is 18.0 Å². The quantitative estimate of drug-likeness (QED) is 0.635. The van der Waals surface area contributed by atoms with Gasteiger partial charge in [-0.1, -0.05) is 29.3 Å². The number of aryl methyl sites for hydroxylation is 2. The smallest absolute Gasteiger partial charge is 0.309 e. The molecule has 1 aliphatic rings. The summed E-state index contributed by atoms with van der Waals surface area (Å²) in [5, 5.41) is 3.24. The molecule has 0 aliphatic carbocycles. The van der Waals surface area contributed by atoms with Crippen LogP contribution in [0.1, 0.15) is 30.9 Å². The first-order valence-corrected chi connectivity index (χ1v) is 12.2. The van der Waals surface area contributed by atoms with E-state index in [1.54, 1.807) is 0 Å². The molecule has 0 bridgehead atoms. The summed E-state index contributed by atoms with van der Waals surface area (Å²) in [5.74, 6) is -1.35. The maximum atomic E-state index is 12.8. The molecule has 1 N–H and O–H groups in total. The van der Waals surface area contributed by atoms with Crippen molar-refractivity contribution in [1.82, 2.24) is 4.31 Å². The minimum Gasteiger partial charge on any atom is -0.452 e. The Kier molecular flexibility index (Phi) is 7.59. The van der Waals surface area contributed by atoms with Gasteiger partial charge in [-0.15, -0.1) is 0 Å². The van der Waals surface area contributed by atoms with Crippen molar-refractivity contribution in [2.45, 2.75) is 44.6 Å². The molecule has 9 heteroatoms. The number of carbonyl (C=O) groups excluding carboxylic acids is 2. The van der Waals surface area contributed by atoms with Crippen molar-refractivity contribution in [2.75, 3.05) is 18.4 Å². The third kappa shape index (κ3) is 5.68. The fourth-order valence-corrected chi connectivity index (χ4v) is 5.20. The molecule has 2 aromatic carbocycles. The second-order valence-corrected chi connectivity index (χ2v) is 10.4. The Morgan fingerprint density at radius 2 is 1.72 bits per heavy atom. The number of halogens is 1.